The molecule has 0 aliphatic heterocycles. The van der Waals surface area contributed by atoms with E-state index in [4.69, 9.17) is 9.47 Å². The molecule has 0 unspecified atom stereocenters. The van der Waals surface area contributed by atoms with Crippen molar-refractivity contribution in [3.63, 3.8) is 0 Å². The maximum absolute atomic E-state index is 12.0. The standard InChI is InChI=1S/C30H52NO6.BrH/c1-5-7-9-11-13-15-17-19-21-27(32)36-29(34)23-25-31(3,4)26-24-30(35)37-28(33)22-20-18-16-14-12-10-8-6-2;/h5-6H,1-2,7-26H2,3-4H3;1H/q+1;/p-1. The normalized spacial score (nSPS) is 10.8. The summed E-state index contributed by atoms with van der Waals surface area (Å²) in [6.07, 6.45) is 19.1. The lowest BCUT2D eigenvalue weighted by atomic mass is 10.1. The summed E-state index contributed by atoms with van der Waals surface area (Å²) >= 11 is 0. The predicted molar refractivity (Wildman–Crippen MR) is 148 cm³/mol. The van der Waals surface area contributed by atoms with Gasteiger partial charge in [0.25, 0.3) is 0 Å². The molecule has 0 heterocycles. The highest BCUT2D eigenvalue weighted by Gasteiger charge is 2.22. The van der Waals surface area contributed by atoms with Gasteiger partial charge in [0.15, 0.2) is 0 Å². The van der Waals surface area contributed by atoms with Crippen molar-refractivity contribution in [2.45, 2.75) is 116 Å². The van der Waals surface area contributed by atoms with Gasteiger partial charge in [0, 0.05) is 12.8 Å². The molecule has 0 saturated carbocycles. The van der Waals surface area contributed by atoms with Crippen LogP contribution in [0.5, 0.6) is 0 Å². The second-order valence-electron chi connectivity index (χ2n) is 10.5. The maximum Gasteiger partial charge on any atom is 0.319 e. The number of allylic oxidation sites excluding steroid dienone is 2. The van der Waals surface area contributed by atoms with Gasteiger partial charge in [-0.25, -0.2) is 0 Å². The minimum absolute atomic E-state index is 0. The Balaban J connectivity index is 0. The Morgan fingerprint density at radius 2 is 0.816 bits per heavy atom. The van der Waals surface area contributed by atoms with Crippen LogP contribution in [0.25, 0.3) is 0 Å². The Bertz CT molecular complexity index is 636. The molecule has 0 amide bonds. The first-order valence-electron chi connectivity index (χ1n) is 14.2. The van der Waals surface area contributed by atoms with E-state index in [2.05, 4.69) is 13.2 Å². The van der Waals surface area contributed by atoms with Gasteiger partial charge >= 0.3 is 23.9 Å². The molecule has 0 aliphatic carbocycles. The third-order valence-corrected chi connectivity index (χ3v) is 6.38. The quantitative estimate of drug-likeness (QED) is 0.0552. The Hall–Kier alpha value is -1.80. The van der Waals surface area contributed by atoms with Crippen LogP contribution in [0.2, 0.25) is 0 Å². The molecule has 0 aromatic carbocycles. The SMILES string of the molecule is C=CCCCCCCCCC(=O)OC(=O)CC[N+](C)(C)CCC(=O)OC(=O)CCCCCCCCC=C.[Br-]. The topological polar surface area (TPSA) is 86.7 Å². The highest BCUT2D eigenvalue weighted by Crippen LogP contribution is 2.11. The number of carbonyl (C=O) groups is 4. The van der Waals surface area contributed by atoms with Crippen LogP contribution >= 0.6 is 0 Å². The molecule has 0 radical (unpaired) electrons. The van der Waals surface area contributed by atoms with E-state index in [1.807, 2.05) is 26.2 Å². The number of halogens is 1. The van der Waals surface area contributed by atoms with Crippen molar-refractivity contribution >= 4 is 23.9 Å². The van der Waals surface area contributed by atoms with Crippen molar-refractivity contribution in [1.82, 2.24) is 0 Å². The molecule has 0 aromatic heterocycles. The smallest absolute Gasteiger partial charge is 0.319 e. The number of nitrogens with zero attached hydrogens (tertiary/aromatic N) is 1. The van der Waals surface area contributed by atoms with Crippen LogP contribution in [0.15, 0.2) is 25.3 Å². The molecule has 38 heavy (non-hydrogen) atoms. The van der Waals surface area contributed by atoms with Crippen molar-refractivity contribution < 1.29 is 50.1 Å². The largest absolute Gasteiger partial charge is 1.00 e. The van der Waals surface area contributed by atoms with E-state index in [9.17, 15) is 19.2 Å². The zero-order valence-electron chi connectivity index (χ0n) is 24.0. The van der Waals surface area contributed by atoms with E-state index in [1.165, 1.54) is 12.8 Å². The summed E-state index contributed by atoms with van der Waals surface area (Å²) in [5.41, 5.74) is 0. The van der Waals surface area contributed by atoms with Crippen molar-refractivity contribution in [2.24, 2.45) is 0 Å². The van der Waals surface area contributed by atoms with Gasteiger partial charge in [0.1, 0.15) is 0 Å². The summed E-state index contributed by atoms with van der Waals surface area (Å²) in [6, 6.07) is 0. The summed E-state index contributed by atoms with van der Waals surface area (Å²) in [4.78, 5) is 47.8. The van der Waals surface area contributed by atoms with Crippen molar-refractivity contribution in [3.05, 3.63) is 25.3 Å². The molecule has 0 aromatic rings. The molecule has 0 atom stereocenters. The van der Waals surface area contributed by atoms with Gasteiger partial charge in [0.05, 0.1) is 40.0 Å². The number of carbonyl (C=O) groups excluding carboxylic acids is 4. The molecule has 7 nitrogen and oxygen atoms in total. The van der Waals surface area contributed by atoms with Crippen LogP contribution in [0, 0.1) is 0 Å². The van der Waals surface area contributed by atoms with Gasteiger partial charge in [0.2, 0.25) is 0 Å². The maximum atomic E-state index is 12.0. The lowest BCUT2D eigenvalue weighted by Crippen LogP contribution is -3.00. The Morgan fingerprint density at radius 3 is 1.16 bits per heavy atom. The van der Waals surface area contributed by atoms with Gasteiger partial charge < -0.3 is 30.9 Å². The fourth-order valence-electron chi connectivity index (χ4n) is 3.89. The van der Waals surface area contributed by atoms with Crippen LogP contribution in [0.1, 0.15) is 116 Å². The lowest BCUT2D eigenvalue weighted by Gasteiger charge is -2.28. The summed E-state index contributed by atoms with van der Waals surface area (Å²) in [5.74, 6) is -2.04. The van der Waals surface area contributed by atoms with E-state index in [1.54, 1.807) is 0 Å². The molecular weight excluding hydrogens is 550 g/mol. The second kappa shape index (κ2) is 25.5. The number of esters is 4. The van der Waals surface area contributed by atoms with Crippen LogP contribution in [0.3, 0.4) is 0 Å². The highest BCUT2D eigenvalue weighted by molar-refractivity contribution is 5.86. The molecule has 8 heteroatoms. The number of hydrogen-bond acceptors (Lipinski definition) is 6. The number of unbranched alkanes of at least 4 members (excludes halogenated alkanes) is 12. The Labute approximate surface area is 241 Å². The number of ether oxygens (including phenoxy) is 2. The molecule has 0 saturated heterocycles. The second-order valence-corrected chi connectivity index (χ2v) is 10.5. The summed E-state index contributed by atoms with van der Waals surface area (Å²) in [7, 11) is 3.77. The summed E-state index contributed by atoms with van der Waals surface area (Å²) < 4.78 is 10.2. The van der Waals surface area contributed by atoms with E-state index in [0.29, 0.717) is 17.6 Å². The molecule has 0 bridgehead atoms. The fourth-order valence-corrected chi connectivity index (χ4v) is 3.89. The zero-order valence-corrected chi connectivity index (χ0v) is 25.6. The molecule has 0 aliphatic rings. The Kier molecular flexibility index (Phi) is 25.7. The number of hydrogen-bond donors (Lipinski definition) is 0. The minimum Gasteiger partial charge on any atom is -1.00 e. The molecule has 0 spiro atoms. The molecule has 220 valence electrons. The van der Waals surface area contributed by atoms with E-state index in [-0.39, 0.29) is 42.7 Å². The third kappa shape index (κ3) is 25.8. The molecule has 0 rings (SSSR count). The monoisotopic (exact) mass is 601 g/mol. The summed E-state index contributed by atoms with van der Waals surface area (Å²) in [6.45, 7) is 8.27. The first-order chi connectivity index (χ1) is 17.7. The van der Waals surface area contributed by atoms with Crippen molar-refractivity contribution in [1.29, 1.82) is 0 Å². The van der Waals surface area contributed by atoms with E-state index in [0.717, 1.165) is 77.0 Å². The van der Waals surface area contributed by atoms with Gasteiger partial charge in [-0.05, 0) is 38.5 Å². The van der Waals surface area contributed by atoms with Gasteiger partial charge in [-0.1, -0.05) is 63.5 Å². The number of quaternary nitrogens is 1. The highest BCUT2D eigenvalue weighted by atomic mass is 79.9. The average molecular weight is 603 g/mol. The number of rotatable bonds is 24. The molecular formula is C30H52BrNO6. The van der Waals surface area contributed by atoms with Crippen LogP contribution < -0.4 is 17.0 Å². The van der Waals surface area contributed by atoms with Crippen LogP contribution in [0.4, 0.5) is 0 Å². The molecule has 0 N–H and O–H groups in total. The first kappa shape index (κ1) is 38.3. The Morgan fingerprint density at radius 1 is 0.526 bits per heavy atom. The average Bonchev–Trinajstić information content (AvgIpc) is 2.85. The van der Waals surface area contributed by atoms with Crippen molar-refractivity contribution in [2.75, 3.05) is 27.2 Å². The minimum atomic E-state index is -0.543. The van der Waals surface area contributed by atoms with Gasteiger partial charge in [-0.15, -0.1) is 13.2 Å². The fraction of sp³-hybridized carbons (Fsp3) is 0.733. The molecule has 0 fully saturated rings. The predicted octanol–water partition coefficient (Wildman–Crippen LogP) is 3.60. The van der Waals surface area contributed by atoms with E-state index < -0.39 is 23.9 Å². The summed E-state index contributed by atoms with van der Waals surface area (Å²) in [5, 5.41) is 0. The third-order valence-electron chi connectivity index (χ3n) is 6.38. The van der Waals surface area contributed by atoms with Gasteiger partial charge in [-0.2, -0.15) is 0 Å². The van der Waals surface area contributed by atoms with Crippen LogP contribution in [-0.2, 0) is 28.7 Å². The zero-order chi connectivity index (χ0) is 27.8. The van der Waals surface area contributed by atoms with E-state index >= 15 is 0 Å². The van der Waals surface area contributed by atoms with Crippen LogP contribution in [-0.4, -0.2) is 55.5 Å². The first-order valence-corrected chi connectivity index (χ1v) is 14.2. The van der Waals surface area contributed by atoms with Crippen molar-refractivity contribution in [3.8, 4) is 0 Å². The lowest BCUT2D eigenvalue weighted by molar-refractivity contribution is -0.889. The van der Waals surface area contributed by atoms with Gasteiger partial charge in [-0.3, -0.25) is 19.2 Å².